The Morgan fingerprint density at radius 1 is 1.25 bits per heavy atom. The van der Waals surface area contributed by atoms with E-state index in [1.807, 2.05) is 18.9 Å². The minimum atomic E-state index is -0.958. The first-order chi connectivity index (χ1) is 24.4. The Kier molecular flexibility index (Phi) is 10.5. The zero-order chi connectivity index (χ0) is 36.4. The van der Waals surface area contributed by atoms with Gasteiger partial charge in [-0.25, -0.2) is 8.78 Å². The van der Waals surface area contributed by atoms with Gasteiger partial charge in [-0.3, -0.25) is 14.5 Å². The number of aromatic nitrogens is 2. The Morgan fingerprint density at radius 2 is 2.06 bits per heavy atom. The molecular formula is C39H45F2N5O5. The number of likely N-dealkylation sites (tertiary alicyclic amines) is 1. The number of fused-ring (bicyclic) bond motifs is 2. The van der Waals surface area contributed by atoms with E-state index in [0.717, 1.165) is 19.3 Å². The fraction of sp³-hybridized carbons (Fsp3) is 0.487. The zero-order valence-electron chi connectivity index (χ0n) is 29.6. The second-order valence-corrected chi connectivity index (χ2v) is 14.4. The molecule has 4 heterocycles. The van der Waals surface area contributed by atoms with E-state index >= 15 is 4.39 Å². The van der Waals surface area contributed by atoms with Crippen molar-refractivity contribution in [3.63, 3.8) is 0 Å². The van der Waals surface area contributed by atoms with E-state index < -0.39 is 23.5 Å². The standard InChI is InChI=1S/C39H45F2N5O5/c1-7-29-31(41)13-12-24-15-28(51-37(48)23(3)4)17-30(34(24)29)25-16-32-35(49-21-25)36(46-14-10-9-11-27(20-46)42-33(47)8-2)44-38(43-32)50-22-39(5)18-26(40)19-45(39)6/h1,8,12-13,15,17,23,25-27H,2,9-11,14,16,18-22H2,3-6H3,(H,42,47)/t25-,26+,27?,39-/m0/s1. The van der Waals surface area contributed by atoms with Crippen molar-refractivity contribution in [1.82, 2.24) is 20.2 Å². The minimum Gasteiger partial charge on any atom is -0.487 e. The summed E-state index contributed by atoms with van der Waals surface area (Å²) in [5.41, 5.74) is 0.797. The second kappa shape index (κ2) is 14.8. The van der Waals surface area contributed by atoms with Crippen molar-refractivity contribution in [2.75, 3.05) is 44.8 Å². The van der Waals surface area contributed by atoms with Crippen LogP contribution in [0, 0.1) is 24.1 Å². The van der Waals surface area contributed by atoms with Gasteiger partial charge in [0.05, 0.1) is 29.3 Å². The van der Waals surface area contributed by atoms with Crippen molar-refractivity contribution in [1.29, 1.82) is 0 Å². The minimum absolute atomic E-state index is 0.111. The summed E-state index contributed by atoms with van der Waals surface area (Å²) in [7, 11) is 1.87. The predicted octanol–water partition coefficient (Wildman–Crippen LogP) is 5.50. The highest BCUT2D eigenvalue weighted by Crippen LogP contribution is 2.43. The van der Waals surface area contributed by atoms with Crippen LogP contribution in [0.1, 0.15) is 69.2 Å². The molecule has 3 aliphatic rings. The molecule has 1 unspecified atom stereocenters. The number of nitrogens with zero attached hydrogens (tertiary/aromatic N) is 4. The molecule has 2 fully saturated rings. The van der Waals surface area contributed by atoms with Gasteiger partial charge in [-0.05, 0) is 68.5 Å². The van der Waals surface area contributed by atoms with Gasteiger partial charge in [-0.1, -0.05) is 32.4 Å². The number of nitrogens with one attached hydrogen (secondary N) is 1. The summed E-state index contributed by atoms with van der Waals surface area (Å²) >= 11 is 0. The summed E-state index contributed by atoms with van der Waals surface area (Å²) in [4.78, 5) is 38.6. The molecule has 1 N–H and O–H groups in total. The molecule has 1 aromatic heterocycles. The quantitative estimate of drug-likeness (QED) is 0.134. The molecule has 0 saturated carbocycles. The first kappa shape index (κ1) is 36.0. The van der Waals surface area contributed by atoms with Gasteiger partial charge in [0.25, 0.3) is 0 Å². The molecule has 2 saturated heterocycles. The summed E-state index contributed by atoms with van der Waals surface area (Å²) in [6.45, 7) is 10.9. The Morgan fingerprint density at radius 3 is 2.76 bits per heavy atom. The molecule has 0 spiro atoms. The summed E-state index contributed by atoms with van der Waals surface area (Å²) in [6.07, 6.45) is 9.40. The number of esters is 1. The number of likely N-dealkylation sites (N-methyl/N-ethyl adjacent to an activating group) is 1. The SMILES string of the molecule is C#Cc1c(F)ccc2cc(OC(=O)C(C)C)cc([C@@H]3COc4c(nc(OC[C@]5(C)C[C@@H](F)CN5C)nc4N4CCCCC(NC(=O)C=C)C4)C3)c12. The highest BCUT2D eigenvalue weighted by molar-refractivity contribution is 5.93. The molecule has 4 atom stereocenters. The second-order valence-electron chi connectivity index (χ2n) is 14.4. The average molecular weight is 702 g/mol. The van der Waals surface area contributed by atoms with Gasteiger partial charge in [-0.2, -0.15) is 9.97 Å². The van der Waals surface area contributed by atoms with Gasteiger partial charge in [-0.15, -0.1) is 6.42 Å². The van der Waals surface area contributed by atoms with Crippen LogP contribution in [0.2, 0.25) is 0 Å². The Balaban J connectivity index is 1.41. The summed E-state index contributed by atoms with van der Waals surface area (Å²) in [6, 6.07) is 6.33. The van der Waals surface area contributed by atoms with Crippen LogP contribution in [-0.2, 0) is 16.0 Å². The number of amides is 1. The molecule has 270 valence electrons. The van der Waals surface area contributed by atoms with Crippen molar-refractivity contribution >= 4 is 28.5 Å². The van der Waals surface area contributed by atoms with Crippen molar-refractivity contribution in [2.45, 2.75) is 76.5 Å². The lowest BCUT2D eigenvalue weighted by molar-refractivity contribution is -0.137. The van der Waals surface area contributed by atoms with Crippen LogP contribution in [0.3, 0.4) is 0 Å². The topological polar surface area (TPSA) is 106 Å². The average Bonchev–Trinajstić information content (AvgIpc) is 3.23. The Bertz CT molecular complexity index is 1880. The summed E-state index contributed by atoms with van der Waals surface area (Å²) in [5.74, 6) is 1.98. The lowest BCUT2D eigenvalue weighted by atomic mass is 9.86. The molecule has 0 radical (unpaired) electrons. The number of carbonyl (C=O) groups is 2. The molecule has 0 bridgehead atoms. The van der Waals surface area contributed by atoms with Crippen LogP contribution in [-0.4, -0.2) is 84.4 Å². The Hall–Kier alpha value is -4.76. The number of hydrogen-bond acceptors (Lipinski definition) is 9. The highest BCUT2D eigenvalue weighted by Gasteiger charge is 2.41. The predicted molar refractivity (Wildman–Crippen MR) is 191 cm³/mol. The van der Waals surface area contributed by atoms with Crippen LogP contribution >= 0.6 is 0 Å². The molecular weight excluding hydrogens is 656 g/mol. The molecule has 1 amide bonds. The van der Waals surface area contributed by atoms with Crippen molar-refractivity contribution in [3.8, 4) is 29.9 Å². The summed E-state index contributed by atoms with van der Waals surface area (Å²) in [5, 5.41) is 4.19. The van der Waals surface area contributed by atoms with E-state index in [9.17, 15) is 14.0 Å². The third-order valence-electron chi connectivity index (χ3n) is 10.2. The van der Waals surface area contributed by atoms with Gasteiger partial charge in [0.1, 0.15) is 24.3 Å². The van der Waals surface area contributed by atoms with Crippen LogP contribution < -0.4 is 24.4 Å². The molecule has 12 heteroatoms. The number of alkyl halides is 1. The van der Waals surface area contributed by atoms with E-state index in [4.69, 9.17) is 30.6 Å². The number of carbonyl (C=O) groups excluding carboxylic acids is 2. The van der Waals surface area contributed by atoms with Gasteiger partial charge < -0.3 is 24.4 Å². The zero-order valence-corrected chi connectivity index (χ0v) is 29.6. The van der Waals surface area contributed by atoms with Crippen LogP contribution in [0.4, 0.5) is 14.6 Å². The summed E-state index contributed by atoms with van der Waals surface area (Å²) < 4.78 is 48.0. The number of anilines is 1. The fourth-order valence-electron chi connectivity index (χ4n) is 7.22. The first-order valence-electron chi connectivity index (χ1n) is 17.5. The monoisotopic (exact) mass is 701 g/mol. The normalized spacial score (nSPS) is 23.6. The van der Waals surface area contributed by atoms with E-state index in [2.05, 4.69) is 22.7 Å². The third-order valence-corrected chi connectivity index (χ3v) is 10.2. The first-order valence-corrected chi connectivity index (χ1v) is 17.5. The molecule has 6 rings (SSSR count). The van der Waals surface area contributed by atoms with Gasteiger partial charge >= 0.3 is 12.0 Å². The number of benzene rings is 2. The van der Waals surface area contributed by atoms with Crippen LogP contribution in [0.25, 0.3) is 10.8 Å². The van der Waals surface area contributed by atoms with Crippen molar-refractivity contribution in [3.05, 3.63) is 59.6 Å². The van der Waals surface area contributed by atoms with Crippen molar-refractivity contribution < 1.29 is 32.6 Å². The van der Waals surface area contributed by atoms with E-state index in [-0.39, 0.29) is 48.6 Å². The van der Waals surface area contributed by atoms with E-state index in [1.54, 1.807) is 32.0 Å². The van der Waals surface area contributed by atoms with Crippen LogP contribution in [0.15, 0.2) is 36.9 Å². The lowest BCUT2D eigenvalue weighted by Gasteiger charge is -2.33. The smallest absolute Gasteiger partial charge is 0.318 e. The molecule has 10 nitrogen and oxygen atoms in total. The molecule has 3 aromatic rings. The van der Waals surface area contributed by atoms with Crippen LogP contribution in [0.5, 0.6) is 17.5 Å². The molecule has 51 heavy (non-hydrogen) atoms. The van der Waals surface area contributed by atoms with Gasteiger partial charge in [0.2, 0.25) is 5.91 Å². The van der Waals surface area contributed by atoms with E-state index in [1.165, 1.54) is 12.1 Å². The number of hydrogen-bond donors (Lipinski definition) is 1. The number of rotatable bonds is 9. The largest absolute Gasteiger partial charge is 0.487 e. The number of terminal acetylenes is 1. The molecule has 0 aliphatic carbocycles. The molecule has 3 aliphatic heterocycles. The third kappa shape index (κ3) is 7.64. The maximum Gasteiger partial charge on any atom is 0.318 e. The van der Waals surface area contributed by atoms with Gasteiger partial charge in [0.15, 0.2) is 11.6 Å². The van der Waals surface area contributed by atoms with E-state index in [0.29, 0.717) is 71.8 Å². The molecule has 2 aromatic carbocycles. The van der Waals surface area contributed by atoms with Crippen molar-refractivity contribution in [2.24, 2.45) is 5.92 Å². The maximum absolute atomic E-state index is 15.1. The highest BCUT2D eigenvalue weighted by atomic mass is 19.1. The Labute approximate surface area is 297 Å². The maximum atomic E-state index is 15.1. The van der Waals surface area contributed by atoms with Gasteiger partial charge in [0, 0.05) is 49.8 Å². The lowest BCUT2D eigenvalue weighted by Crippen LogP contribution is -2.44. The number of ether oxygens (including phenoxy) is 3. The number of halogens is 2. The fourth-order valence-corrected chi connectivity index (χ4v) is 7.22.